The SMILES string of the molecule is C=CCCCCCCOc1c(OC)ccc2c1CC[N+](Cc1cc(Cl)ccc1Cl)=C2CCCCCCCCCCC.[Br-]. The topological polar surface area (TPSA) is 21.5 Å². The maximum atomic E-state index is 6.61. The van der Waals surface area contributed by atoms with Crippen LogP contribution in [0.25, 0.3) is 0 Å². The van der Waals surface area contributed by atoms with E-state index in [1.807, 2.05) is 24.3 Å². The van der Waals surface area contributed by atoms with Gasteiger partial charge >= 0.3 is 0 Å². The molecule has 0 unspecified atom stereocenters. The number of fused-ring (bicyclic) bond motifs is 1. The predicted octanol–water partition coefficient (Wildman–Crippen LogP) is 8.00. The Morgan fingerprint density at radius 1 is 0.881 bits per heavy atom. The fourth-order valence-electron chi connectivity index (χ4n) is 5.85. The second-order valence-corrected chi connectivity index (χ2v) is 12.2. The van der Waals surface area contributed by atoms with Crippen molar-refractivity contribution >= 4 is 28.9 Å². The molecular formula is C36H52BrCl2NO2. The van der Waals surface area contributed by atoms with Gasteiger partial charge < -0.3 is 26.5 Å². The molecule has 1 heterocycles. The molecule has 0 atom stereocenters. The van der Waals surface area contributed by atoms with E-state index in [1.54, 1.807) is 7.11 Å². The molecule has 2 aromatic rings. The maximum Gasteiger partial charge on any atom is 0.184 e. The number of benzene rings is 2. The summed E-state index contributed by atoms with van der Waals surface area (Å²) in [5.74, 6) is 1.77. The molecule has 1 aliphatic heterocycles. The smallest absolute Gasteiger partial charge is 0.184 e. The van der Waals surface area contributed by atoms with Gasteiger partial charge in [-0.2, -0.15) is 0 Å². The van der Waals surface area contributed by atoms with Crippen LogP contribution in [0.3, 0.4) is 0 Å². The van der Waals surface area contributed by atoms with Crippen LogP contribution in [0.1, 0.15) is 120 Å². The summed E-state index contributed by atoms with van der Waals surface area (Å²) in [6.45, 7) is 8.51. The Morgan fingerprint density at radius 2 is 1.57 bits per heavy atom. The lowest BCUT2D eigenvalue weighted by molar-refractivity contribution is -0.545. The molecule has 6 heteroatoms. The number of allylic oxidation sites excluding steroid dienone is 1. The number of rotatable bonds is 21. The third-order valence-corrected chi connectivity index (χ3v) is 8.81. The van der Waals surface area contributed by atoms with E-state index in [9.17, 15) is 0 Å². The number of nitrogens with zero attached hydrogens (tertiary/aromatic N) is 1. The molecule has 2 aromatic carbocycles. The average molecular weight is 682 g/mol. The highest BCUT2D eigenvalue weighted by Crippen LogP contribution is 2.37. The molecule has 3 rings (SSSR count). The van der Waals surface area contributed by atoms with Crippen molar-refractivity contribution in [3.05, 3.63) is 69.7 Å². The third kappa shape index (κ3) is 11.9. The van der Waals surface area contributed by atoms with Gasteiger partial charge in [-0.3, -0.25) is 0 Å². The van der Waals surface area contributed by atoms with Crippen LogP contribution in [-0.2, 0) is 13.0 Å². The second kappa shape index (κ2) is 21.3. The quantitative estimate of drug-likeness (QED) is 0.0757. The zero-order valence-corrected chi connectivity index (χ0v) is 29.1. The predicted molar refractivity (Wildman–Crippen MR) is 177 cm³/mol. The summed E-state index contributed by atoms with van der Waals surface area (Å²) in [5.41, 5.74) is 5.06. The van der Waals surface area contributed by atoms with E-state index in [2.05, 4.69) is 30.2 Å². The van der Waals surface area contributed by atoms with E-state index in [0.29, 0.717) is 0 Å². The van der Waals surface area contributed by atoms with Crippen molar-refractivity contribution in [3.63, 3.8) is 0 Å². The maximum absolute atomic E-state index is 6.61. The number of unbranched alkanes of at least 4 members (excludes halogenated alkanes) is 12. The van der Waals surface area contributed by atoms with E-state index >= 15 is 0 Å². The van der Waals surface area contributed by atoms with Gasteiger partial charge in [-0.15, -0.1) is 6.58 Å². The first-order chi connectivity index (χ1) is 20.1. The summed E-state index contributed by atoms with van der Waals surface area (Å²) in [6.07, 6.45) is 21.7. The van der Waals surface area contributed by atoms with Crippen LogP contribution in [0.4, 0.5) is 0 Å². The molecule has 42 heavy (non-hydrogen) atoms. The summed E-state index contributed by atoms with van der Waals surface area (Å²) < 4.78 is 14.7. The van der Waals surface area contributed by atoms with Crippen molar-refractivity contribution in [2.45, 2.75) is 116 Å². The Hall–Kier alpha value is -1.49. The van der Waals surface area contributed by atoms with Gasteiger partial charge in [-0.25, -0.2) is 4.58 Å². The molecule has 0 amide bonds. The van der Waals surface area contributed by atoms with Gasteiger partial charge in [0.05, 0.1) is 18.7 Å². The van der Waals surface area contributed by atoms with E-state index in [0.717, 1.165) is 72.5 Å². The van der Waals surface area contributed by atoms with Gasteiger partial charge in [0.1, 0.15) is 6.54 Å². The van der Waals surface area contributed by atoms with Crippen LogP contribution in [-0.4, -0.2) is 30.5 Å². The van der Waals surface area contributed by atoms with Crippen LogP contribution in [0.5, 0.6) is 11.5 Å². The molecule has 0 fully saturated rings. The summed E-state index contributed by atoms with van der Waals surface area (Å²) >= 11 is 13.0. The van der Waals surface area contributed by atoms with Crippen molar-refractivity contribution < 1.29 is 31.0 Å². The van der Waals surface area contributed by atoms with E-state index in [4.69, 9.17) is 32.7 Å². The Kier molecular flexibility index (Phi) is 18.6. The molecule has 0 aromatic heterocycles. The van der Waals surface area contributed by atoms with Crippen LogP contribution < -0.4 is 26.5 Å². The van der Waals surface area contributed by atoms with Gasteiger partial charge in [-0.05, 0) is 56.0 Å². The minimum absolute atomic E-state index is 0. The van der Waals surface area contributed by atoms with Gasteiger partial charge in [-0.1, -0.05) is 100 Å². The van der Waals surface area contributed by atoms with E-state index in [1.165, 1.54) is 93.9 Å². The fraction of sp³-hybridized carbons (Fsp3) is 0.583. The van der Waals surface area contributed by atoms with Gasteiger partial charge in [0.15, 0.2) is 23.8 Å². The normalized spacial score (nSPS) is 12.6. The number of hydrogen-bond donors (Lipinski definition) is 0. The zero-order chi connectivity index (χ0) is 29.3. The van der Waals surface area contributed by atoms with Crippen molar-refractivity contribution in [1.29, 1.82) is 0 Å². The molecule has 0 radical (unpaired) electrons. The molecule has 0 bridgehead atoms. The monoisotopic (exact) mass is 679 g/mol. The Balaban J connectivity index is 0.00000616. The lowest BCUT2D eigenvalue weighted by Crippen LogP contribution is -3.00. The molecule has 0 aliphatic carbocycles. The first kappa shape index (κ1) is 36.7. The largest absolute Gasteiger partial charge is 1.00 e. The second-order valence-electron chi connectivity index (χ2n) is 11.4. The van der Waals surface area contributed by atoms with Crippen molar-refractivity contribution in [2.24, 2.45) is 0 Å². The highest BCUT2D eigenvalue weighted by Gasteiger charge is 2.30. The first-order valence-electron chi connectivity index (χ1n) is 16.1. The number of methoxy groups -OCH3 is 1. The van der Waals surface area contributed by atoms with E-state index in [-0.39, 0.29) is 17.0 Å². The standard InChI is InChI=1S/C36H52Cl2NO2.BrH/c1-4-6-8-10-12-13-14-15-17-19-34-31-21-23-35(40-3)36(41-26-18-16-11-9-7-5-2)32(31)24-25-39(34)28-29-27-30(37)20-22-33(29)38;/h5,20-23,27H,2,4,6-19,24-26,28H2,1,3H3;1H/q+1;/p-1. The minimum Gasteiger partial charge on any atom is -1.00 e. The molecule has 1 aliphatic rings. The summed E-state index contributed by atoms with van der Waals surface area (Å²) in [4.78, 5) is 0. The van der Waals surface area contributed by atoms with Crippen LogP contribution in [0.15, 0.2) is 43.0 Å². The van der Waals surface area contributed by atoms with E-state index < -0.39 is 0 Å². The third-order valence-electron chi connectivity index (χ3n) is 8.20. The molecule has 3 nitrogen and oxygen atoms in total. The van der Waals surface area contributed by atoms with Crippen LogP contribution >= 0.6 is 23.2 Å². The first-order valence-corrected chi connectivity index (χ1v) is 16.8. The van der Waals surface area contributed by atoms with Crippen molar-refractivity contribution in [1.82, 2.24) is 0 Å². The summed E-state index contributed by atoms with van der Waals surface area (Å²) in [5, 5.41) is 1.50. The van der Waals surface area contributed by atoms with Gasteiger partial charge in [0, 0.05) is 34.6 Å². The highest BCUT2D eigenvalue weighted by atomic mass is 79.9. The summed E-state index contributed by atoms with van der Waals surface area (Å²) in [7, 11) is 1.74. The molecule has 0 saturated carbocycles. The molecule has 0 saturated heterocycles. The number of halogens is 3. The zero-order valence-electron chi connectivity index (χ0n) is 26.0. The van der Waals surface area contributed by atoms with Crippen LogP contribution in [0, 0.1) is 0 Å². The van der Waals surface area contributed by atoms with Crippen molar-refractivity contribution in [3.8, 4) is 11.5 Å². The number of hydrogen-bond acceptors (Lipinski definition) is 2. The Bertz CT molecular complexity index is 1120. The van der Waals surface area contributed by atoms with Gasteiger partial charge in [0.2, 0.25) is 0 Å². The Morgan fingerprint density at radius 3 is 2.29 bits per heavy atom. The van der Waals surface area contributed by atoms with Crippen LogP contribution in [0.2, 0.25) is 10.0 Å². The van der Waals surface area contributed by atoms with Gasteiger partial charge in [0.25, 0.3) is 0 Å². The highest BCUT2D eigenvalue weighted by molar-refractivity contribution is 6.33. The molecule has 0 N–H and O–H groups in total. The lowest BCUT2D eigenvalue weighted by Gasteiger charge is -2.23. The lowest BCUT2D eigenvalue weighted by atomic mass is 9.91. The molecule has 0 spiro atoms. The number of ether oxygens (including phenoxy) is 2. The minimum atomic E-state index is 0. The Labute approximate surface area is 276 Å². The fourth-order valence-corrected chi connectivity index (χ4v) is 6.23. The summed E-state index contributed by atoms with van der Waals surface area (Å²) in [6, 6.07) is 10.1. The molecule has 234 valence electrons. The van der Waals surface area contributed by atoms with Crippen molar-refractivity contribution in [2.75, 3.05) is 20.3 Å². The average Bonchev–Trinajstić information content (AvgIpc) is 2.98. The molecular weight excluding hydrogens is 629 g/mol.